The minimum atomic E-state index is -4.35. The molecule has 2 aromatic rings. The van der Waals surface area contributed by atoms with Gasteiger partial charge in [-0.15, -0.1) is 0 Å². The van der Waals surface area contributed by atoms with Crippen LogP contribution in [0.1, 0.15) is 44.1 Å². The van der Waals surface area contributed by atoms with Crippen molar-refractivity contribution in [2.24, 2.45) is 5.73 Å². The maximum atomic E-state index is 13.0. The fourth-order valence-corrected chi connectivity index (χ4v) is 2.45. The Morgan fingerprint density at radius 1 is 1.16 bits per heavy atom. The molecule has 1 unspecified atom stereocenters. The van der Waals surface area contributed by atoms with Crippen LogP contribution >= 0.6 is 0 Å². The first-order valence-electron chi connectivity index (χ1n) is 6.20. The molecule has 1 atom stereocenters. The number of nitrogens with zero attached hydrogens (tertiary/aromatic N) is 1. The van der Waals surface area contributed by atoms with Crippen LogP contribution in [-0.4, -0.2) is 4.57 Å². The molecule has 1 heterocycles. The van der Waals surface area contributed by atoms with E-state index >= 15 is 0 Å². The van der Waals surface area contributed by atoms with Crippen LogP contribution in [0.15, 0.2) is 24.3 Å². The Labute approximate surface area is 110 Å². The van der Waals surface area contributed by atoms with Crippen LogP contribution in [0.4, 0.5) is 13.2 Å². The van der Waals surface area contributed by atoms with E-state index in [0.29, 0.717) is 5.52 Å². The van der Waals surface area contributed by atoms with Crippen LogP contribution in [0, 0.1) is 0 Å². The largest absolute Gasteiger partial charge is 0.417 e. The van der Waals surface area contributed by atoms with Gasteiger partial charge in [0.1, 0.15) is 0 Å². The molecule has 0 fully saturated rings. The lowest BCUT2D eigenvalue weighted by atomic mass is 10.1. The molecule has 5 heteroatoms. The molecule has 2 nitrogen and oxygen atoms in total. The van der Waals surface area contributed by atoms with E-state index in [1.807, 2.05) is 18.4 Å². The predicted octanol–water partition coefficient (Wildman–Crippen LogP) is 4.26. The van der Waals surface area contributed by atoms with Gasteiger partial charge < -0.3 is 10.3 Å². The lowest BCUT2D eigenvalue weighted by Gasteiger charge is -2.17. The summed E-state index contributed by atoms with van der Waals surface area (Å²) in [6.45, 7) is 5.65. The summed E-state index contributed by atoms with van der Waals surface area (Å²) in [5, 5.41) is 0.219. The quantitative estimate of drug-likeness (QED) is 0.868. The Morgan fingerprint density at radius 3 is 2.26 bits per heavy atom. The summed E-state index contributed by atoms with van der Waals surface area (Å²) in [6.07, 6.45) is -4.35. The molecule has 19 heavy (non-hydrogen) atoms. The highest BCUT2D eigenvalue weighted by Crippen LogP contribution is 2.37. The van der Waals surface area contributed by atoms with Crippen molar-refractivity contribution < 1.29 is 13.2 Å². The van der Waals surface area contributed by atoms with Gasteiger partial charge in [-0.3, -0.25) is 0 Å². The molecule has 2 rings (SSSR count). The molecule has 0 saturated heterocycles. The van der Waals surface area contributed by atoms with Crippen molar-refractivity contribution in [1.29, 1.82) is 0 Å². The smallest absolute Gasteiger partial charge is 0.341 e. The first-order valence-corrected chi connectivity index (χ1v) is 6.20. The van der Waals surface area contributed by atoms with Crippen molar-refractivity contribution in [3.63, 3.8) is 0 Å². The Balaban J connectivity index is 2.83. The van der Waals surface area contributed by atoms with E-state index < -0.39 is 11.7 Å². The zero-order chi connectivity index (χ0) is 14.4. The number of benzene rings is 1. The van der Waals surface area contributed by atoms with Gasteiger partial charge in [0.2, 0.25) is 0 Å². The van der Waals surface area contributed by atoms with Crippen molar-refractivity contribution in [3.05, 3.63) is 35.5 Å². The first-order chi connectivity index (χ1) is 8.73. The molecule has 0 radical (unpaired) electrons. The van der Waals surface area contributed by atoms with Gasteiger partial charge in [0.05, 0.1) is 5.56 Å². The van der Waals surface area contributed by atoms with Crippen molar-refractivity contribution in [3.8, 4) is 0 Å². The molecular formula is C14H17F3N2. The van der Waals surface area contributed by atoms with Gasteiger partial charge in [-0.2, -0.15) is 13.2 Å². The van der Waals surface area contributed by atoms with Crippen molar-refractivity contribution >= 4 is 10.9 Å². The molecule has 0 saturated carbocycles. The number of nitrogens with two attached hydrogens (primary N) is 1. The maximum Gasteiger partial charge on any atom is 0.417 e. The third-order valence-electron chi connectivity index (χ3n) is 3.20. The second kappa shape index (κ2) is 4.56. The third-order valence-corrected chi connectivity index (χ3v) is 3.20. The fraction of sp³-hybridized carbons (Fsp3) is 0.429. The van der Waals surface area contributed by atoms with E-state index in [4.69, 9.17) is 5.73 Å². The highest BCUT2D eigenvalue weighted by atomic mass is 19.4. The summed E-state index contributed by atoms with van der Waals surface area (Å²) in [6, 6.07) is 5.56. The van der Waals surface area contributed by atoms with Gasteiger partial charge in [0, 0.05) is 28.7 Å². The number of halogens is 3. The van der Waals surface area contributed by atoms with Crippen molar-refractivity contribution in [2.45, 2.75) is 39.0 Å². The Kier molecular flexibility index (Phi) is 3.34. The monoisotopic (exact) mass is 270 g/mol. The summed E-state index contributed by atoms with van der Waals surface area (Å²) in [5.41, 5.74) is 6.57. The minimum absolute atomic E-state index is 0.0574. The molecule has 104 valence electrons. The predicted molar refractivity (Wildman–Crippen MR) is 69.9 cm³/mol. The van der Waals surface area contributed by atoms with Crippen molar-refractivity contribution in [1.82, 2.24) is 4.57 Å². The molecular weight excluding hydrogens is 253 g/mol. The fourth-order valence-electron chi connectivity index (χ4n) is 2.45. The molecule has 0 amide bonds. The second-order valence-electron chi connectivity index (χ2n) is 5.06. The Morgan fingerprint density at radius 2 is 1.79 bits per heavy atom. The summed E-state index contributed by atoms with van der Waals surface area (Å²) in [7, 11) is 0. The minimum Gasteiger partial charge on any atom is -0.341 e. The molecule has 0 aliphatic heterocycles. The summed E-state index contributed by atoms with van der Waals surface area (Å²) < 4.78 is 40.9. The average molecular weight is 270 g/mol. The number of fused-ring (bicyclic) bond motifs is 1. The molecule has 0 bridgehead atoms. The third kappa shape index (κ3) is 2.34. The first kappa shape index (κ1) is 13.9. The number of rotatable bonds is 2. The zero-order valence-electron chi connectivity index (χ0n) is 11.1. The van der Waals surface area contributed by atoms with E-state index in [9.17, 15) is 13.2 Å². The van der Waals surface area contributed by atoms with Crippen LogP contribution in [0.25, 0.3) is 10.9 Å². The van der Waals surface area contributed by atoms with Crippen LogP contribution in [0.3, 0.4) is 0 Å². The van der Waals surface area contributed by atoms with Gasteiger partial charge >= 0.3 is 6.18 Å². The highest BCUT2D eigenvalue weighted by Gasteiger charge is 2.33. The zero-order valence-corrected chi connectivity index (χ0v) is 11.1. The molecule has 1 aromatic heterocycles. The highest BCUT2D eigenvalue weighted by molar-refractivity contribution is 5.85. The molecule has 2 N–H and O–H groups in total. The SMILES string of the molecule is CC(N)c1cc2c(C(F)(F)F)cccc2n1C(C)C. The van der Waals surface area contributed by atoms with Gasteiger partial charge in [0.25, 0.3) is 0 Å². The van der Waals surface area contributed by atoms with E-state index in [1.54, 1.807) is 19.1 Å². The van der Waals surface area contributed by atoms with Crippen molar-refractivity contribution in [2.75, 3.05) is 0 Å². The normalized spacial score (nSPS) is 14.3. The van der Waals surface area contributed by atoms with Crippen LogP contribution in [0.5, 0.6) is 0 Å². The van der Waals surface area contributed by atoms with E-state index in [0.717, 1.165) is 11.8 Å². The lowest BCUT2D eigenvalue weighted by Crippen LogP contribution is -2.13. The Hall–Kier alpha value is -1.49. The molecule has 0 aliphatic rings. The summed E-state index contributed by atoms with van der Waals surface area (Å²) in [5.74, 6) is 0. The topological polar surface area (TPSA) is 30.9 Å². The van der Waals surface area contributed by atoms with Crippen LogP contribution in [-0.2, 0) is 6.18 Å². The molecule has 0 spiro atoms. The van der Waals surface area contributed by atoms with Crippen LogP contribution in [0.2, 0.25) is 0 Å². The molecule has 1 aromatic carbocycles. The number of hydrogen-bond donors (Lipinski definition) is 1. The van der Waals surface area contributed by atoms with E-state index in [-0.39, 0.29) is 17.5 Å². The number of alkyl halides is 3. The van der Waals surface area contributed by atoms with Gasteiger partial charge in [-0.05, 0) is 39.0 Å². The van der Waals surface area contributed by atoms with E-state index in [1.165, 1.54) is 6.07 Å². The van der Waals surface area contributed by atoms with Crippen LogP contribution < -0.4 is 5.73 Å². The molecule has 0 aliphatic carbocycles. The summed E-state index contributed by atoms with van der Waals surface area (Å²) >= 11 is 0. The standard InChI is InChI=1S/C14H17F3N2/c1-8(2)19-12-6-4-5-11(14(15,16)17)10(12)7-13(19)9(3)18/h4-9H,18H2,1-3H3. The van der Waals surface area contributed by atoms with Gasteiger partial charge in [-0.25, -0.2) is 0 Å². The number of hydrogen-bond acceptors (Lipinski definition) is 1. The number of aromatic nitrogens is 1. The second-order valence-corrected chi connectivity index (χ2v) is 5.06. The van der Waals surface area contributed by atoms with E-state index in [2.05, 4.69) is 0 Å². The maximum absolute atomic E-state index is 13.0. The van der Waals surface area contributed by atoms with Gasteiger partial charge in [0.15, 0.2) is 0 Å². The van der Waals surface area contributed by atoms with Gasteiger partial charge in [-0.1, -0.05) is 6.07 Å². The Bertz CT molecular complexity index is 594. The summed E-state index contributed by atoms with van der Waals surface area (Å²) in [4.78, 5) is 0. The lowest BCUT2D eigenvalue weighted by molar-refractivity contribution is -0.136. The average Bonchev–Trinajstić information content (AvgIpc) is 2.66.